The van der Waals surface area contributed by atoms with E-state index in [-0.39, 0.29) is 28.6 Å². The topological polar surface area (TPSA) is 124 Å². The van der Waals surface area contributed by atoms with Gasteiger partial charge in [-0.1, -0.05) is 48.9 Å². The Morgan fingerprint density at radius 1 is 1.12 bits per heavy atom. The van der Waals surface area contributed by atoms with E-state index in [0.717, 1.165) is 24.8 Å². The van der Waals surface area contributed by atoms with Crippen LogP contribution in [-0.4, -0.2) is 59.1 Å². The first-order chi connectivity index (χ1) is 19.6. The molecule has 1 spiro atoms. The van der Waals surface area contributed by atoms with Crippen LogP contribution in [0.5, 0.6) is 0 Å². The third kappa shape index (κ3) is 6.17. The Kier molecular flexibility index (Phi) is 8.50. The lowest BCUT2D eigenvalue weighted by Crippen LogP contribution is -2.44. The maximum atomic E-state index is 13.7. The van der Waals surface area contributed by atoms with Gasteiger partial charge in [0.1, 0.15) is 19.8 Å². The van der Waals surface area contributed by atoms with Crippen molar-refractivity contribution >= 4 is 24.9 Å². The Morgan fingerprint density at radius 2 is 1.83 bits per heavy atom. The van der Waals surface area contributed by atoms with Gasteiger partial charge in [-0.3, -0.25) is 20.0 Å². The molecule has 0 atom stereocenters. The number of ether oxygens (including phenoxy) is 1. The molecule has 5 rings (SSSR count). The minimum absolute atomic E-state index is 0.0997. The third-order valence-corrected chi connectivity index (χ3v) is 9.94. The maximum Gasteiger partial charge on any atom is 0.448 e. The Morgan fingerprint density at radius 3 is 2.46 bits per heavy atom. The van der Waals surface area contributed by atoms with Gasteiger partial charge in [0.05, 0.1) is 27.4 Å². The van der Waals surface area contributed by atoms with E-state index in [1.54, 1.807) is 26.0 Å². The summed E-state index contributed by atoms with van der Waals surface area (Å²) < 4.78 is 17.9. The van der Waals surface area contributed by atoms with Crippen LogP contribution in [-0.2, 0) is 20.3 Å². The van der Waals surface area contributed by atoms with E-state index in [2.05, 4.69) is 4.98 Å². The molecular formula is C30H35N3O7P+. The second kappa shape index (κ2) is 11.9. The number of nitro benzene ring substituents is 1. The molecule has 1 saturated heterocycles. The van der Waals surface area contributed by atoms with Gasteiger partial charge in [-0.15, -0.1) is 0 Å². The average Bonchev–Trinajstić information content (AvgIpc) is 2.92. The molecule has 3 aromatic rings. The van der Waals surface area contributed by atoms with Crippen LogP contribution in [0, 0.1) is 29.4 Å². The fourth-order valence-corrected chi connectivity index (χ4v) is 7.67. The number of non-ortho nitro benzene ring substituents is 1. The number of esters is 1. The van der Waals surface area contributed by atoms with Gasteiger partial charge in [0.25, 0.3) is 5.69 Å². The van der Waals surface area contributed by atoms with Crippen molar-refractivity contribution in [2.75, 3.05) is 33.4 Å². The molecule has 41 heavy (non-hydrogen) atoms. The summed E-state index contributed by atoms with van der Waals surface area (Å²) in [6.45, 7) is 5.38. The lowest BCUT2D eigenvalue weighted by atomic mass is 9.70. The van der Waals surface area contributed by atoms with E-state index in [0.29, 0.717) is 48.8 Å². The Balaban J connectivity index is 1.48. The predicted molar refractivity (Wildman–Crippen MR) is 156 cm³/mol. The van der Waals surface area contributed by atoms with Gasteiger partial charge in [-0.25, -0.2) is 4.79 Å². The summed E-state index contributed by atoms with van der Waals surface area (Å²) in [6.07, 6.45) is 3.02. The summed E-state index contributed by atoms with van der Waals surface area (Å²) in [6, 6.07) is 16.0. The molecule has 1 saturated carbocycles. The molecule has 0 unspecified atom stereocenters. The van der Waals surface area contributed by atoms with Gasteiger partial charge in [0.2, 0.25) is 5.30 Å². The Bertz CT molecular complexity index is 1440. The van der Waals surface area contributed by atoms with Crippen LogP contribution in [0.2, 0.25) is 0 Å². The van der Waals surface area contributed by atoms with Crippen LogP contribution in [0.4, 0.5) is 5.69 Å². The number of benzene rings is 2. The molecule has 10 nitrogen and oxygen atoms in total. The number of rotatable bonds is 9. The zero-order valence-corrected chi connectivity index (χ0v) is 24.4. The number of aromatic nitrogens is 1. The highest BCUT2D eigenvalue weighted by molar-refractivity contribution is 7.69. The molecule has 0 amide bonds. The van der Waals surface area contributed by atoms with Crippen molar-refractivity contribution in [3.8, 4) is 11.1 Å². The van der Waals surface area contributed by atoms with E-state index in [1.165, 1.54) is 12.1 Å². The molecule has 1 aliphatic carbocycles. The maximum absolute atomic E-state index is 13.7. The molecule has 0 bridgehead atoms. The molecule has 11 heteroatoms. The second-order valence-electron chi connectivity index (χ2n) is 11.0. The van der Waals surface area contributed by atoms with Crippen molar-refractivity contribution in [3.05, 3.63) is 87.2 Å². The Hall–Kier alpha value is -3.27. The van der Waals surface area contributed by atoms with Gasteiger partial charge in [0.15, 0.2) is 0 Å². The minimum atomic E-state index is -3.67. The monoisotopic (exact) mass is 580 g/mol. The first-order valence-electron chi connectivity index (χ1n) is 13.7. The van der Waals surface area contributed by atoms with Gasteiger partial charge in [0, 0.05) is 30.6 Å². The summed E-state index contributed by atoms with van der Waals surface area (Å²) in [5.41, 5.74) is 2.51. The van der Waals surface area contributed by atoms with Crippen LogP contribution in [0.25, 0.3) is 11.1 Å². The average molecular weight is 581 g/mol. The van der Waals surface area contributed by atoms with E-state index in [1.807, 2.05) is 42.3 Å². The summed E-state index contributed by atoms with van der Waals surface area (Å²) in [5.74, 6) is -0.634. The summed E-state index contributed by atoms with van der Waals surface area (Å²) in [4.78, 5) is 43.3. The van der Waals surface area contributed by atoms with Gasteiger partial charge in [-0.2, -0.15) is 13.9 Å². The van der Waals surface area contributed by atoms with Crippen LogP contribution < -0.4 is 5.30 Å². The normalized spacial score (nSPS) is 17.3. The molecule has 2 aliphatic rings. The number of carbonyl (C=O) groups excluding carboxylic acids is 1. The number of likely N-dealkylation sites (N-methyl/N-ethyl adjacent to an activating group) is 1. The van der Waals surface area contributed by atoms with Crippen LogP contribution in [0.1, 0.15) is 46.6 Å². The largest absolute Gasteiger partial charge is 0.461 e. The number of pyridine rings is 1. The van der Waals surface area contributed by atoms with Crippen molar-refractivity contribution in [2.24, 2.45) is 5.41 Å². The molecular weight excluding hydrogens is 545 g/mol. The molecule has 1 N–H and O–H groups in total. The standard InChI is InChI=1S/C30H35N3O7P/c1-21-26(29(34)38-16-15-32(3)18-23-9-5-4-6-10-23)27(24-11-7-12-25(17-24)33(35)36)28(22(2)31-21)41(37)39-19-30(20-40-41)13-8-14-30/h4-7,9-12,17,37H,8,13-16,18-20H2,1-3H3/q+1. The fourth-order valence-electron chi connectivity index (χ4n) is 5.46. The smallest absolute Gasteiger partial charge is 0.448 e. The second-order valence-corrected chi connectivity index (χ2v) is 13.0. The Labute approximate surface area is 240 Å². The number of nitro groups is 1. The highest BCUT2D eigenvalue weighted by Crippen LogP contribution is 2.64. The van der Waals surface area contributed by atoms with E-state index < -0.39 is 18.8 Å². The van der Waals surface area contributed by atoms with Crippen LogP contribution in [0.15, 0.2) is 54.6 Å². The SMILES string of the molecule is Cc1nc(C)c([P+]2(O)OCC3(CCC3)CO2)c(-c2cccc([N+](=O)[O-])c2)c1C(=O)OCCN(C)Cc1ccccc1. The minimum Gasteiger partial charge on any atom is -0.461 e. The molecule has 2 fully saturated rings. The summed E-state index contributed by atoms with van der Waals surface area (Å²) in [5, 5.41) is 11.9. The number of aryl methyl sites for hydroxylation is 2. The van der Waals surface area contributed by atoms with Gasteiger partial charge in [-0.05, 0) is 44.9 Å². The van der Waals surface area contributed by atoms with Crippen LogP contribution in [0.3, 0.4) is 0 Å². The van der Waals surface area contributed by atoms with Crippen molar-refractivity contribution in [1.29, 1.82) is 0 Å². The van der Waals surface area contributed by atoms with Gasteiger partial charge < -0.3 is 4.74 Å². The number of hydrogen-bond acceptors (Lipinski definition) is 9. The van der Waals surface area contributed by atoms with E-state index in [4.69, 9.17) is 13.8 Å². The lowest BCUT2D eigenvalue weighted by Gasteiger charge is -2.43. The fraction of sp³-hybridized carbons (Fsp3) is 0.400. The van der Waals surface area contributed by atoms with Crippen molar-refractivity contribution in [3.63, 3.8) is 0 Å². The quantitative estimate of drug-likeness (QED) is 0.158. The molecule has 216 valence electrons. The molecule has 0 radical (unpaired) electrons. The molecule has 2 aromatic carbocycles. The lowest BCUT2D eigenvalue weighted by molar-refractivity contribution is -0.384. The number of hydrogen-bond donors (Lipinski definition) is 1. The molecule has 1 aromatic heterocycles. The zero-order chi connectivity index (χ0) is 29.2. The van der Waals surface area contributed by atoms with E-state index >= 15 is 0 Å². The highest BCUT2D eigenvalue weighted by atomic mass is 31.2. The molecule has 2 heterocycles. The van der Waals surface area contributed by atoms with E-state index in [9.17, 15) is 19.8 Å². The van der Waals surface area contributed by atoms with Crippen LogP contribution >= 0.6 is 7.94 Å². The van der Waals surface area contributed by atoms with Crippen molar-refractivity contribution in [2.45, 2.75) is 39.7 Å². The number of nitrogens with zero attached hydrogens (tertiary/aromatic N) is 3. The third-order valence-electron chi connectivity index (χ3n) is 7.87. The summed E-state index contributed by atoms with van der Waals surface area (Å²) in [7, 11) is -1.73. The zero-order valence-electron chi connectivity index (χ0n) is 23.5. The molecule has 1 aliphatic heterocycles. The van der Waals surface area contributed by atoms with Gasteiger partial charge >= 0.3 is 13.9 Å². The van der Waals surface area contributed by atoms with Crippen molar-refractivity contribution < 1.29 is 28.4 Å². The highest BCUT2D eigenvalue weighted by Gasteiger charge is 2.58. The van der Waals surface area contributed by atoms with Crippen molar-refractivity contribution in [1.82, 2.24) is 9.88 Å². The summed E-state index contributed by atoms with van der Waals surface area (Å²) >= 11 is 0. The number of carbonyl (C=O) groups is 1. The predicted octanol–water partition coefficient (Wildman–Crippen LogP) is 5.16. The first kappa shape index (κ1) is 29.2. The first-order valence-corrected chi connectivity index (χ1v) is 15.3.